The van der Waals surface area contributed by atoms with Crippen molar-refractivity contribution in [3.8, 4) is 0 Å². The van der Waals surface area contributed by atoms with Crippen molar-refractivity contribution in [2.75, 3.05) is 16.8 Å². The average molecular weight is 258 g/mol. The van der Waals surface area contributed by atoms with Crippen molar-refractivity contribution in [3.63, 3.8) is 0 Å². The molecule has 1 aromatic rings. The SMILES string of the molecule is O=C1CCCCC(=O)N1c1ccc2c(c1)CCCN2. The third-order valence-corrected chi connectivity index (χ3v) is 3.82. The highest BCUT2D eigenvalue weighted by Crippen LogP contribution is 2.29. The molecule has 0 aliphatic carbocycles. The minimum Gasteiger partial charge on any atom is -0.385 e. The number of carbonyl (C=O) groups excluding carboxylic acids is 2. The smallest absolute Gasteiger partial charge is 0.233 e. The van der Waals surface area contributed by atoms with E-state index in [9.17, 15) is 9.59 Å². The van der Waals surface area contributed by atoms with Crippen LogP contribution in [0.15, 0.2) is 18.2 Å². The number of aryl methyl sites for hydroxylation is 1. The van der Waals surface area contributed by atoms with E-state index in [1.54, 1.807) is 0 Å². The Morgan fingerprint density at radius 1 is 0.947 bits per heavy atom. The Morgan fingerprint density at radius 3 is 2.42 bits per heavy atom. The van der Waals surface area contributed by atoms with E-state index < -0.39 is 0 Å². The number of amides is 2. The van der Waals surface area contributed by atoms with Gasteiger partial charge in [0.1, 0.15) is 0 Å². The Labute approximate surface area is 112 Å². The molecule has 0 atom stereocenters. The fourth-order valence-electron chi connectivity index (χ4n) is 2.80. The van der Waals surface area contributed by atoms with Gasteiger partial charge >= 0.3 is 0 Å². The summed E-state index contributed by atoms with van der Waals surface area (Å²) >= 11 is 0. The molecule has 2 aliphatic heterocycles. The summed E-state index contributed by atoms with van der Waals surface area (Å²) in [6.45, 7) is 0.994. The number of nitrogens with one attached hydrogen (secondary N) is 1. The van der Waals surface area contributed by atoms with Crippen LogP contribution in [-0.4, -0.2) is 18.4 Å². The first-order valence-electron chi connectivity index (χ1n) is 6.98. The zero-order valence-electron chi connectivity index (χ0n) is 10.9. The van der Waals surface area contributed by atoms with E-state index in [-0.39, 0.29) is 11.8 Å². The molecule has 1 saturated heterocycles. The lowest BCUT2D eigenvalue weighted by Crippen LogP contribution is -2.35. The molecule has 19 heavy (non-hydrogen) atoms. The van der Waals surface area contributed by atoms with E-state index in [2.05, 4.69) is 5.32 Å². The van der Waals surface area contributed by atoms with Gasteiger partial charge in [-0.2, -0.15) is 0 Å². The summed E-state index contributed by atoms with van der Waals surface area (Å²) in [6.07, 6.45) is 4.67. The van der Waals surface area contributed by atoms with Crippen molar-refractivity contribution < 1.29 is 9.59 Å². The zero-order valence-corrected chi connectivity index (χ0v) is 10.9. The number of carbonyl (C=O) groups is 2. The van der Waals surface area contributed by atoms with Crippen LogP contribution in [-0.2, 0) is 16.0 Å². The van der Waals surface area contributed by atoms with Gasteiger partial charge in [-0.3, -0.25) is 14.5 Å². The summed E-state index contributed by atoms with van der Waals surface area (Å²) in [7, 11) is 0. The Kier molecular flexibility index (Phi) is 3.23. The quantitative estimate of drug-likeness (QED) is 0.787. The normalized spacial score (nSPS) is 19.7. The fraction of sp³-hybridized carbons (Fsp3) is 0.467. The second-order valence-electron chi connectivity index (χ2n) is 5.20. The monoisotopic (exact) mass is 258 g/mol. The van der Waals surface area contributed by atoms with E-state index in [0.717, 1.165) is 43.6 Å². The maximum atomic E-state index is 12.1. The Bertz CT molecular complexity index is 507. The number of benzene rings is 1. The maximum absolute atomic E-state index is 12.1. The first-order chi connectivity index (χ1) is 9.25. The fourth-order valence-corrected chi connectivity index (χ4v) is 2.80. The van der Waals surface area contributed by atoms with Crippen LogP contribution < -0.4 is 10.2 Å². The predicted molar refractivity (Wildman–Crippen MR) is 74.2 cm³/mol. The molecule has 4 nitrogen and oxygen atoms in total. The summed E-state index contributed by atoms with van der Waals surface area (Å²) < 4.78 is 0. The van der Waals surface area contributed by atoms with Gasteiger partial charge < -0.3 is 5.32 Å². The van der Waals surface area contributed by atoms with Gasteiger partial charge in [-0.1, -0.05) is 0 Å². The highest BCUT2D eigenvalue weighted by Gasteiger charge is 2.26. The van der Waals surface area contributed by atoms with Crippen molar-refractivity contribution in [3.05, 3.63) is 23.8 Å². The third-order valence-electron chi connectivity index (χ3n) is 3.82. The molecule has 0 bridgehead atoms. The van der Waals surface area contributed by atoms with Gasteiger partial charge in [-0.25, -0.2) is 0 Å². The Morgan fingerprint density at radius 2 is 1.68 bits per heavy atom. The molecule has 0 unspecified atom stereocenters. The molecule has 4 heteroatoms. The highest BCUT2D eigenvalue weighted by atomic mass is 16.2. The first kappa shape index (κ1) is 12.2. The van der Waals surface area contributed by atoms with Gasteiger partial charge in [-0.05, 0) is 49.4 Å². The molecule has 0 spiro atoms. The molecule has 0 saturated carbocycles. The van der Waals surface area contributed by atoms with Gasteiger partial charge in [0, 0.05) is 25.1 Å². The Balaban J connectivity index is 1.95. The lowest BCUT2D eigenvalue weighted by atomic mass is 10.0. The van der Waals surface area contributed by atoms with Gasteiger partial charge in [0.2, 0.25) is 11.8 Å². The lowest BCUT2D eigenvalue weighted by molar-refractivity contribution is -0.125. The molecule has 0 radical (unpaired) electrons. The second kappa shape index (κ2) is 5.03. The number of rotatable bonds is 1. The summed E-state index contributed by atoms with van der Waals surface area (Å²) in [4.78, 5) is 25.5. The molecule has 2 amide bonds. The number of hydrogen-bond acceptors (Lipinski definition) is 3. The maximum Gasteiger partial charge on any atom is 0.233 e. The predicted octanol–water partition coefficient (Wildman–Crippen LogP) is 2.48. The van der Waals surface area contributed by atoms with E-state index in [0.29, 0.717) is 12.8 Å². The lowest BCUT2D eigenvalue weighted by Gasteiger charge is -2.23. The van der Waals surface area contributed by atoms with Crippen molar-refractivity contribution >= 4 is 23.2 Å². The zero-order chi connectivity index (χ0) is 13.2. The van der Waals surface area contributed by atoms with Crippen molar-refractivity contribution in [1.29, 1.82) is 0 Å². The number of imide groups is 1. The second-order valence-corrected chi connectivity index (χ2v) is 5.20. The standard InChI is InChI=1S/C15H18N2O2/c18-14-5-1-2-6-15(19)17(14)12-7-8-13-11(10-12)4-3-9-16-13/h7-8,10,16H,1-6,9H2. The Hall–Kier alpha value is -1.84. The molecule has 2 aliphatic rings. The largest absolute Gasteiger partial charge is 0.385 e. The van der Waals surface area contributed by atoms with Crippen molar-refractivity contribution in [2.24, 2.45) is 0 Å². The van der Waals surface area contributed by atoms with Crippen LogP contribution in [0.4, 0.5) is 11.4 Å². The van der Waals surface area contributed by atoms with Gasteiger partial charge in [-0.15, -0.1) is 0 Å². The van der Waals surface area contributed by atoms with Crippen molar-refractivity contribution in [2.45, 2.75) is 38.5 Å². The number of anilines is 2. The summed E-state index contributed by atoms with van der Waals surface area (Å²) in [5.41, 5.74) is 3.07. The number of hydrogen-bond donors (Lipinski definition) is 1. The van der Waals surface area contributed by atoms with Crippen LogP contribution in [0, 0.1) is 0 Å². The van der Waals surface area contributed by atoms with Gasteiger partial charge in [0.15, 0.2) is 0 Å². The molecule has 3 rings (SSSR count). The molecule has 2 heterocycles. The average Bonchev–Trinajstić information content (AvgIpc) is 2.59. The van der Waals surface area contributed by atoms with Gasteiger partial charge in [0.05, 0.1) is 5.69 Å². The molecular formula is C15H18N2O2. The minimum atomic E-state index is -0.0637. The van der Waals surface area contributed by atoms with Crippen LogP contribution in [0.3, 0.4) is 0 Å². The van der Waals surface area contributed by atoms with Crippen LogP contribution in [0.1, 0.15) is 37.7 Å². The number of fused-ring (bicyclic) bond motifs is 1. The van der Waals surface area contributed by atoms with Crippen LogP contribution >= 0.6 is 0 Å². The van der Waals surface area contributed by atoms with Crippen LogP contribution in [0.2, 0.25) is 0 Å². The molecule has 1 fully saturated rings. The third kappa shape index (κ3) is 2.35. The number of nitrogens with zero attached hydrogens (tertiary/aromatic N) is 1. The molecule has 0 aromatic heterocycles. The first-order valence-corrected chi connectivity index (χ1v) is 6.98. The van der Waals surface area contributed by atoms with Crippen molar-refractivity contribution in [1.82, 2.24) is 0 Å². The van der Waals surface area contributed by atoms with Crippen LogP contribution in [0.5, 0.6) is 0 Å². The van der Waals surface area contributed by atoms with E-state index in [1.807, 2.05) is 18.2 Å². The van der Waals surface area contributed by atoms with E-state index >= 15 is 0 Å². The molecular weight excluding hydrogens is 240 g/mol. The molecule has 1 aromatic carbocycles. The summed E-state index contributed by atoms with van der Waals surface area (Å²) in [5.74, 6) is -0.127. The van der Waals surface area contributed by atoms with Crippen LogP contribution in [0.25, 0.3) is 0 Å². The highest BCUT2D eigenvalue weighted by molar-refractivity contribution is 6.15. The van der Waals surface area contributed by atoms with Gasteiger partial charge in [0.25, 0.3) is 0 Å². The van der Waals surface area contributed by atoms with E-state index in [4.69, 9.17) is 0 Å². The topological polar surface area (TPSA) is 49.4 Å². The molecule has 1 N–H and O–H groups in total. The summed E-state index contributed by atoms with van der Waals surface area (Å²) in [5, 5.41) is 3.34. The van der Waals surface area contributed by atoms with E-state index in [1.165, 1.54) is 10.5 Å². The molecule has 100 valence electrons. The minimum absolute atomic E-state index is 0.0637. The summed E-state index contributed by atoms with van der Waals surface area (Å²) in [6, 6.07) is 5.84.